The third kappa shape index (κ3) is 3.48. The highest BCUT2D eigenvalue weighted by Gasteiger charge is 2.15. The number of aromatic nitrogens is 2. The van der Waals surface area contributed by atoms with Gasteiger partial charge in [-0.2, -0.15) is 5.10 Å². The molecule has 0 saturated carbocycles. The van der Waals surface area contributed by atoms with E-state index in [1.54, 1.807) is 30.9 Å². The molecule has 0 saturated heterocycles. The first kappa shape index (κ1) is 14.3. The first-order chi connectivity index (χ1) is 9.45. The average molecular weight is 297 g/mol. The molecule has 0 aliphatic carbocycles. The molecule has 1 atom stereocenters. The monoisotopic (exact) mass is 296 g/mol. The van der Waals surface area contributed by atoms with Gasteiger partial charge in [-0.15, -0.1) is 0 Å². The molecule has 0 aliphatic rings. The molecule has 106 valence electrons. The number of nitrogens with one attached hydrogen (secondary N) is 2. The summed E-state index contributed by atoms with van der Waals surface area (Å²) in [6, 6.07) is 5.26. The van der Waals surface area contributed by atoms with E-state index < -0.39 is 11.9 Å². The number of carbonyl (C=O) groups excluding carboxylic acids is 1. The molecule has 5 nitrogen and oxygen atoms in total. The van der Waals surface area contributed by atoms with E-state index in [0.717, 1.165) is 6.07 Å². The van der Waals surface area contributed by atoms with Crippen LogP contribution in [0.2, 0.25) is 5.02 Å². The lowest BCUT2D eigenvalue weighted by Crippen LogP contribution is -2.32. The lowest BCUT2D eigenvalue weighted by Gasteiger charge is -2.14. The summed E-state index contributed by atoms with van der Waals surface area (Å²) in [6.45, 7) is 1.66. The van der Waals surface area contributed by atoms with E-state index in [-0.39, 0.29) is 16.6 Å². The van der Waals surface area contributed by atoms with Gasteiger partial charge in [-0.05, 0) is 25.1 Å². The van der Waals surface area contributed by atoms with Crippen molar-refractivity contribution < 1.29 is 9.18 Å². The van der Waals surface area contributed by atoms with Gasteiger partial charge in [0, 0.05) is 24.3 Å². The van der Waals surface area contributed by atoms with Gasteiger partial charge in [0.05, 0.1) is 5.69 Å². The second-order valence-corrected chi connectivity index (χ2v) is 4.79. The number of carbonyl (C=O) groups is 1. The zero-order chi connectivity index (χ0) is 14.7. The maximum absolute atomic E-state index is 13.6. The Hall–Kier alpha value is -2.08. The van der Waals surface area contributed by atoms with Gasteiger partial charge in [0.1, 0.15) is 17.7 Å². The number of benzene rings is 1. The molecular formula is C13H14ClFN4O. The Morgan fingerprint density at radius 1 is 1.45 bits per heavy atom. The first-order valence-electron chi connectivity index (χ1n) is 5.98. The maximum Gasteiger partial charge on any atom is 0.246 e. The minimum Gasteiger partial charge on any atom is -0.357 e. The highest BCUT2D eigenvalue weighted by molar-refractivity contribution is 6.30. The van der Waals surface area contributed by atoms with Crippen LogP contribution in [0.25, 0.3) is 0 Å². The van der Waals surface area contributed by atoms with E-state index in [4.69, 9.17) is 11.6 Å². The van der Waals surface area contributed by atoms with E-state index in [1.807, 2.05) is 0 Å². The van der Waals surface area contributed by atoms with Crippen molar-refractivity contribution in [3.63, 3.8) is 0 Å². The van der Waals surface area contributed by atoms with Gasteiger partial charge < -0.3 is 10.6 Å². The van der Waals surface area contributed by atoms with Crippen LogP contribution in [0.5, 0.6) is 0 Å². The van der Waals surface area contributed by atoms with Gasteiger partial charge in [0.25, 0.3) is 0 Å². The Morgan fingerprint density at radius 3 is 2.80 bits per heavy atom. The molecule has 1 unspecified atom stereocenters. The molecule has 0 fully saturated rings. The van der Waals surface area contributed by atoms with Crippen LogP contribution in [0.15, 0.2) is 30.5 Å². The van der Waals surface area contributed by atoms with Crippen LogP contribution in [-0.4, -0.2) is 21.7 Å². The van der Waals surface area contributed by atoms with Gasteiger partial charge in [0.2, 0.25) is 5.91 Å². The van der Waals surface area contributed by atoms with Gasteiger partial charge in [-0.25, -0.2) is 4.39 Å². The van der Waals surface area contributed by atoms with Crippen molar-refractivity contribution in [1.82, 2.24) is 9.78 Å². The van der Waals surface area contributed by atoms with Gasteiger partial charge >= 0.3 is 0 Å². The van der Waals surface area contributed by atoms with Crippen molar-refractivity contribution >= 4 is 29.0 Å². The Balaban J connectivity index is 2.00. The van der Waals surface area contributed by atoms with Gasteiger partial charge in [-0.3, -0.25) is 9.48 Å². The Labute approximate surface area is 120 Å². The van der Waals surface area contributed by atoms with E-state index >= 15 is 0 Å². The highest BCUT2D eigenvalue weighted by Crippen LogP contribution is 2.19. The highest BCUT2D eigenvalue weighted by atomic mass is 35.5. The Bertz CT molecular complexity index is 629. The largest absolute Gasteiger partial charge is 0.357 e. The summed E-state index contributed by atoms with van der Waals surface area (Å²) in [7, 11) is 1.78. The Kier molecular flexibility index (Phi) is 4.24. The maximum atomic E-state index is 13.6. The number of halogens is 2. The summed E-state index contributed by atoms with van der Waals surface area (Å²) >= 11 is 5.65. The predicted octanol–water partition coefficient (Wildman–Crippen LogP) is 2.65. The molecule has 0 spiro atoms. The molecule has 1 aromatic carbocycles. The second-order valence-electron chi connectivity index (χ2n) is 4.35. The van der Waals surface area contributed by atoms with Crippen LogP contribution in [0.1, 0.15) is 6.92 Å². The van der Waals surface area contributed by atoms with Crippen molar-refractivity contribution in [1.29, 1.82) is 0 Å². The number of anilines is 2. The fourth-order valence-electron chi connectivity index (χ4n) is 1.61. The quantitative estimate of drug-likeness (QED) is 0.912. The summed E-state index contributed by atoms with van der Waals surface area (Å²) in [5, 5.41) is 9.80. The van der Waals surface area contributed by atoms with Crippen molar-refractivity contribution in [2.75, 3.05) is 10.6 Å². The Morgan fingerprint density at radius 2 is 2.20 bits per heavy atom. The van der Waals surface area contributed by atoms with Crippen LogP contribution in [0, 0.1) is 5.82 Å². The molecule has 0 bridgehead atoms. The molecule has 2 rings (SSSR count). The lowest BCUT2D eigenvalue weighted by atomic mass is 10.2. The lowest BCUT2D eigenvalue weighted by molar-refractivity contribution is -0.116. The number of amides is 1. The first-order valence-corrected chi connectivity index (χ1v) is 6.35. The molecule has 0 radical (unpaired) electrons. The van der Waals surface area contributed by atoms with E-state index in [2.05, 4.69) is 15.7 Å². The standard InChI is InChI=1S/C13H14ClFN4O/c1-8(16-12-5-6-19(2)18-12)13(20)17-11-4-3-9(14)7-10(11)15/h3-8H,1-2H3,(H,16,18)(H,17,20). The molecule has 2 N–H and O–H groups in total. The number of aryl methyl sites for hydroxylation is 1. The van der Waals surface area contributed by atoms with Crippen LogP contribution in [0.3, 0.4) is 0 Å². The number of hydrogen-bond donors (Lipinski definition) is 2. The molecule has 0 aliphatic heterocycles. The van der Waals surface area contributed by atoms with Crippen molar-refractivity contribution in [2.45, 2.75) is 13.0 Å². The summed E-state index contributed by atoms with van der Waals surface area (Å²) in [6.07, 6.45) is 1.76. The smallest absolute Gasteiger partial charge is 0.246 e. The van der Waals surface area contributed by atoms with Crippen molar-refractivity contribution in [3.8, 4) is 0 Å². The number of nitrogens with zero attached hydrogens (tertiary/aromatic N) is 2. The summed E-state index contributed by atoms with van der Waals surface area (Å²) < 4.78 is 15.2. The molecule has 7 heteroatoms. The van der Waals surface area contributed by atoms with E-state index in [9.17, 15) is 9.18 Å². The van der Waals surface area contributed by atoms with Crippen LogP contribution in [-0.2, 0) is 11.8 Å². The summed E-state index contributed by atoms with van der Waals surface area (Å²) in [4.78, 5) is 12.0. The summed E-state index contributed by atoms with van der Waals surface area (Å²) in [5.74, 6) is -0.362. The third-order valence-corrected chi connectivity index (χ3v) is 2.90. The zero-order valence-electron chi connectivity index (χ0n) is 11.0. The summed E-state index contributed by atoms with van der Waals surface area (Å²) in [5.41, 5.74) is 0.0917. The van der Waals surface area contributed by atoms with Crippen LogP contribution >= 0.6 is 11.6 Å². The van der Waals surface area contributed by atoms with Crippen LogP contribution in [0.4, 0.5) is 15.9 Å². The molecule has 1 heterocycles. The average Bonchev–Trinajstić information content (AvgIpc) is 2.78. The molecule has 1 amide bonds. The SMILES string of the molecule is CC(Nc1ccn(C)n1)C(=O)Nc1ccc(Cl)cc1F. The fraction of sp³-hybridized carbons (Fsp3) is 0.231. The van der Waals surface area contributed by atoms with E-state index in [1.165, 1.54) is 12.1 Å². The van der Waals surface area contributed by atoms with Gasteiger partial charge in [-0.1, -0.05) is 11.6 Å². The van der Waals surface area contributed by atoms with E-state index in [0.29, 0.717) is 5.82 Å². The normalized spacial score (nSPS) is 12.0. The molecule has 2 aromatic rings. The van der Waals surface area contributed by atoms with Crippen LogP contribution < -0.4 is 10.6 Å². The zero-order valence-corrected chi connectivity index (χ0v) is 11.8. The predicted molar refractivity (Wildman–Crippen MR) is 76.3 cm³/mol. The van der Waals surface area contributed by atoms with Crippen molar-refractivity contribution in [3.05, 3.63) is 41.3 Å². The minimum atomic E-state index is -0.573. The minimum absolute atomic E-state index is 0.0917. The topological polar surface area (TPSA) is 59.0 Å². The molecule has 20 heavy (non-hydrogen) atoms. The number of rotatable bonds is 4. The second kappa shape index (κ2) is 5.92. The number of hydrogen-bond acceptors (Lipinski definition) is 3. The molecule has 1 aromatic heterocycles. The fourth-order valence-corrected chi connectivity index (χ4v) is 1.77. The third-order valence-electron chi connectivity index (χ3n) is 2.66. The molecular weight excluding hydrogens is 283 g/mol. The van der Waals surface area contributed by atoms with Crippen molar-refractivity contribution in [2.24, 2.45) is 7.05 Å². The van der Waals surface area contributed by atoms with Gasteiger partial charge in [0.15, 0.2) is 0 Å².